The van der Waals surface area contributed by atoms with Crippen molar-refractivity contribution in [2.24, 2.45) is 0 Å². The lowest BCUT2D eigenvalue weighted by Crippen LogP contribution is -2.12. The number of nitrogens with one attached hydrogen (secondary N) is 1. The smallest absolute Gasteiger partial charge is 0.308 e. The third-order valence-corrected chi connectivity index (χ3v) is 5.21. The Labute approximate surface area is 178 Å². The van der Waals surface area contributed by atoms with Gasteiger partial charge in [-0.1, -0.05) is 48.5 Å². The fraction of sp³-hybridized carbons (Fsp3) is 0.0417. The molecule has 1 aromatic heterocycles. The van der Waals surface area contributed by atoms with Crippen LogP contribution in [0.4, 0.5) is 5.69 Å². The molecule has 0 saturated carbocycles. The number of hydrogen-bond donors (Lipinski definition) is 1. The van der Waals surface area contributed by atoms with E-state index >= 15 is 0 Å². The van der Waals surface area contributed by atoms with Gasteiger partial charge in [0.1, 0.15) is 10.8 Å². The van der Waals surface area contributed by atoms with Crippen molar-refractivity contribution in [3.8, 4) is 27.6 Å². The van der Waals surface area contributed by atoms with Crippen molar-refractivity contribution in [3.63, 3.8) is 0 Å². The highest BCUT2D eigenvalue weighted by Gasteiger charge is 2.10. The molecule has 4 rings (SSSR count). The second kappa shape index (κ2) is 8.71. The molecule has 1 amide bonds. The molecule has 4 aromatic rings. The van der Waals surface area contributed by atoms with Crippen molar-refractivity contribution in [2.75, 3.05) is 5.32 Å². The van der Waals surface area contributed by atoms with Crippen molar-refractivity contribution < 1.29 is 14.3 Å². The molecule has 0 saturated heterocycles. The van der Waals surface area contributed by atoms with Gasteiger partial charge in [0.25, 0.3) is 5.91 Å². The third kappa shape index (κ3) is 4.61. The number of nitrogens with zero attached hydrogens (tertiary/aromatic N) is 1. The Morgan fingerprint density at radius 1 is 0.900 bits per heavy atom. The number of ether oxygens (including phenoxy) is 1. The fourth-order valence-electron chi connectivity index (χ4n) is 2.91. The van der Waals surface area contributed by atoms with E-state index in [0.29, 0.717) is 17.0 Å². The lowest BCUT2D eigenvalue weighted by molar-refractivity contribution is -0.131. The Morgan fingerprint density at radius 2 is 1.67 bits per heavy atom. The quantitative estimate of drug-likeness (QED) is 0.338. The predicted molar refractivity (Wildman–Crippen MR) is 119 cm³/mol. The normalized spacial score (nSPS) is 10.4. The van der Waals surface area contributed by atoms with Gasteiger partial charge in [0.2, 0.25) is 0 Å². The average Bonchev–Trinajstić information content (AvgIpc) is 3.25. The maximum atomic E-state index is 12.5. The highest BCUT2D eigenvalue weighted by molar-refractivity contribution is 7.13. The number of anilines is 1. The van der Waals surface area contributed by atoms with Crippen LogP contribution in [0.2, 0.25) is 0 Å². The van der Waals surface area contributed by atoms with E-state index in [2.05, 4.69) is 5.32 Å². The summed E-state index contributed by atoms with van der Waals surface area (Å²) in [6.07, 6.45) is 0. The molecule has 1 N–H and O–H groups in total. The van der Waals surface area contributed by atoms with E-state index in [-0.39, 0.29) is 5.91 Å². The van der Waals surface area contributed by atoms with E-state index in [1.54, 1.807) is 29.5 Å². The molecule has 1 heterocycles. The topological polar surface area (TPSA) is 68.3 Å². The monoisotopic (exact) mass is 414 g/mol. The van der Waals surface area contributed by atoms with Crippen LogP contribution >= 0.6 is 11.3 Å². The zero-order chi connectivity index (χ0) is 20.9. The van der Waals surface area contributed by atoms with Gasteiger partial charge in [0, 0.05) is 34.7 Å². The number of amides is 1. The summed E-state index contributed by atoms with van der Waals surface area (Å²) in [4.78, 5) is 28.3. The Bertz CT molecular complexity index is 1180. The minimum absolute atomic E-state index is 0.281. The highest BCUT2D eigenvalue weighted by atomic mass is 32.1. The van der Waals surface area contributed by atoms with Gasteiger partial charge in [0.05, 0.1) is 5.69 Å². The molecule has 6 heteroatoms. The second-order valence-electron chi connectivity index (χ2n) is 6.56. The molecule has 0 aliphatic carbocycles. The van der Waals surface area contributed by atoms with Crippen LogP contribution < -0.4 is 10.1 Å². The van der Waals surface area contributed by atoms with Crippen molar-refractivity contribution in [3.05, 3.63) is 89.8 Å². The molecule has 30 heavy (non-hydrogen) atoms. The first-order valence-corrected chi connectivity index (χ1v) is 10.2. The van der Waals surface area contributed by atoms with Gasteiger partial charge in [-0.2, -0.15) is 0 Å². The highest BCUT2D eigenvalue weighted by Crippen LogP contribution is 2.29. The van der Waals surface area contributed by atoms with Crippen LogP contribution in [0.3, 0.4) is 0 Å². The number of hydrogen-bond acceptors (Lipinski definition) is 5. The number of rotatable bonds is 5. The molecule has 0 aliphatic rings. The van der Waals surface area contributed by atoms with Crippen LogP contribution in [0.1, 0.15) is 17.3 Å². The summed E-state index contributed by atoms with van der Waals surface area (Å²) >= 11 is 1.60. The first kappa shape index (κ1) is 19.5. The zero-order valence-electron chi connectivity index (χ0n) is 16.2. The van der Waals surface area contributed by atoms with Gasteiger partial charge >= 0.3 is 5.97 Å². The van der Waals surface area contributed by atoms with E-state index in [0.717, 1.165) is 21.8 Å². The summed E-state index contributed by atoms with van der Waals surface area (Å²) in [7, 11) is 0. The SMILES string of the molecule is CC(=O)Oc1cccc(C(=O)Nc2ccc(-c3csc(-c4ccccc4)n3)cc2)c1. The van der Waals surface area contributed by atoms with Crippen LogP contribution in [-0.4, -0.2) is 16.9 Å². The van der Waals surface area contributed by atoms with Gasteiger partial charge in [-0.3, -0.25) is 9.59 Å². The molecular weight excluding hydrogens is 396 g/mol. The van der Waals surface area contributed by atoms with Gasteiger partial charge in [-0.15, -0.1) is 11.3 Å². The van der Waals surface area contributed by atoms with Crippen molar-refractivity contribution in [1.82, 2.24) is 4.98 Å². The maximum absolute atomic E-state index is 12.5. The van der Waals surface area contributed by atoms with Crippen LogP contribution in [0.5, 0.6) is 5.75 Å². The number of carbonyl (C=O) groups excluding carboxylic acids is 2. The molecule has 5 nitrogen and oxygen atoms in total. The third-order valence-electron chi connectivity index (χ3n) is 4.32. The minimum Gasteiger partial charge on any atom is -0.427 e. The summed E-state index contributed by atoms with van der Waals surface area (Å²) < 4.78 is 5.03. The minimum atomic E-state index is -0.430. The molecule has 0 radical (unpaired) electrons. The van der Waals surface area contributed by atoms with Gasteiger partial charge < -0.3 is 10.1 Å². The standard InChI is InChI=1S/C24H18N2O3S/c1-16(27)29-21-9-5-8-19(14-21)23(28)25-20-12-10-17(11-13-20)22-15-30-24(26-22)18-6-3-2-4-7-18/h2-15H,1H3,(H,25,28). The molecule has 0 fully saturated rings. The molecule has 3 aromatic carbocycles. The first-order chi connectivity index (χ1) is 14.6. The van der Waals surface area contributed by atoms with E-state index in [9.17, 15) is 9.59 Å². The van der Waals surface area contributed by atoms with Gasteiger partial charge in [-0.25, -0.2) is 4.98 Å². The Morgan fingerprint density at radius 3 is 2.40 bits per heavy atom. The van der Waals surface area contributed by atoms with E-state index in [1.807, 2.05) is 60.0 Å². The fourth-order valence-corrected chi connectivity index (χ4v) is 3.75. The molecule has 148 valence electrons. The lowest BCUT2D eigenvalue weighted by Gasteiger charge is -2.07. The van der Waals surface area contributed by atoms with Crippen LogP contribution in [0.15, 0.2) is 84.2 Å². The van der Waals surface area contributed by atoms with E-state index in [1.165, 1.54) is 13.0 Å². The average molecular weight is 414 g/mol. The molecule has 0 bridgehead atoms. The summed E-state index contributed by atoms with van der Waals surface area (Å²) in [6, 6.07) is 24.1. The zero-order valence-corrected chi connectivity index (χ0v) is 17.0. The number of benzene rings is 3. The van der Waals surface area contributed by atoms with Crippen LogP contribution in [0.25, 0.3) is 21.8 Å². The van der Waals surface area contributed by atoms with Gasteiger partial charge in [0.15, 0.2) is 0 Å². The number of thiazole rings is 1. The van der Waals surface area contributed by atoms with Crippen LogP contribution in [-0.2, 0) is 4.79 Å². The van der Waals surface area contributed by atoms with Crippen molar-refractivity contribution in [1.29, 1.82) is 0 Å². The summed E-state index contributed by atoms with van der Waals surface area (Å²) in [5.41, 5.74) is 4.03. The van der Waals surface area contributed by atoms with Crippen molar-refractivity contribution >= 4 is 28.9 Å². The molecule has 0 unspecified atom stereocenters. The maximum Gasteiger partial charge on any atom is 0.308 e. The molecular formula is C24H18N2O3S. The molecule has 0 atom stereocenters. The second-order valence-corrected chi connectivity index (χ2v) is 7.41. The van der Waals surface area contributed by atoms with E-state index in [4.69, 9.17) is 9.72 Å². The van der Waals surface area contributed by atoms with Crippen molar-refractivity contribution in [2.45, 2.75) is 6.92 Å². The first-order valence-electron chi connectivity index (χ1n) is 9.30. The number of aromatic nitrogens is 1. The Hall–Kier alpha value is -3.77. The van der Waals surface area contributed by atoms with Gasteiger partial charge in [-0.05, 0) is 30.3 Å². The number of esters is 1. The summed E-state index contributed by atoms with van der Waals surface area (Å²) in [5.74, 6) is -0.374. The van der Waals surface area contributed by atoms with E-state index < -0.39 is 5.97 Å². The Kier molecular flexibility index (Phi) is 5.68. The lowest BCUT2D eigenvalue weighted by atomic mass is 10.1. The predicted octanol–water partition coefficient (Wildman–Crippen LogP) is 5.65. The van der Waals surface area contributed by atoms with Crippen LogP contribution in [0, 0.1) is 0 Å². The molecule has 0 aliphatic heterocycles. The number of carbonyl (C=O) groups is 2. The Balaban J connectivity index is 1.46. The molecule has 0 spiro atoms. The summed E-state index contributed by atoms with van der Waals surface area (Å²) in [5, 5.41) is 5.84. The largest absolute Gasteiger partial charge is 0.427 e. The summed E-state index contributed by atoms with van der Waals surface area (Å²) in [6.45, 7) is 1.32.